The smallest absolute Gasteiger partial charge is 0.356 e. The summed E-state index contributed by atoms with van der Waals surface area (Å²) >= 11 is 1.17. The van der Waals surface area contributed by atoms with Crippen LogP contribution in [0.5, 0.6) is 5.75 Å². The number of carboxylic acids is 1. The molecule has 0 aliphatic carbocycles. The lowest BCUT2D eigenvalue weighted by atomic mass is 10.2. The van der Waals surface area contributed by atoms with E-state index in [1.165, 1.54) is 11.5 Å². The molecule has 0 radical (unpaired) electrons. The van der Waals surface area contributed by atoms with Gasteiger partial charge in [0.25, 0.3) is 0 Å². The molecule has 0 saturated heterocycles. The summed E-state index contributed by atoms with van der Waals surface area (Å²) in [4.78, 5) is 10.8. The lowest BCUT2D eigenvalue weighted by molar-refractivity contribution is 0.0694. The van der Waals surface area contributed by atoms with Gasteiger partial charge in [0.05, 0.1) is 11.3 Å². The fourth-order valence-corrected chi connectivity index (χ4v) is 2.13. The summed E-state index contributed by atoms with van der Waals surface area (Å²) in [7, 11) is 0. The first kappa shape index (κ1) is 9.92. The molecule has 15 heavy (non-hydrogen) atoms. The van der Waals surface area contributed by atoms with Crippen LogP contribution in [0, 0.1) is 0 Å². The molecule has 1 N–H and O–H groups in total. The summed E-state index contributed by atoms with van der Waals surface area (Å²) in [6.45, 7) is 2.50. The number of aromatic carboxylic acids is 1. The minimum absolute atomic E-state index is 0.109. The van der Waals surface area contributed by atoms with Crippen LogP contribution in [-0.2, 0) is 0 Å². The molecule has 0 amide bonds. The van der Waals surface area contributed by atoms with Crippen LogP contribution in [0.1, 0.15) is 17.4 Å². The summed E-state index contributed by atoms with van der Waals surface area (Å²) in [5, 5.41) is 9.52. The molecule has 0 atom stereocenters. The Balaban J connectivity index is 2.51. The van der Waals surface area contributed by atoms with Crippen molar-refractivity contribution in [1.82, 2.24) is 4.37 Å². The summed E-state index contributed by atoms with van der Waals surface area (Å²) < 4.78 is 10.0. The van der Waals surface area contributed by atoms with Crippen molar-refractivity contribution in [2.45, 2.75) is 6.92 Å². The maximum absolute atomic E-state index is 10.8. The quantitative estimate of drug-likeness (QED) is 0.867. The summed E-state index contributed by atoms with van der Waals surface area (Å²) in [5.74, 6) is -0.254. The third-order valence-corrected chi connectivity index (χ3v) is 2.77. The molecule has 1 aromatic heterocycles. The molecular weight excluding hydrogens is 214 g/mol. The van der Waals surface area contributed by atoms with Crippen molar-refractivity contribution in [3.05, 3.63) is 23.9 Å². The Morgan fingerprint density at radius 2 is 2.40 bits per heavy atom. The first-order valence-electron chi connectivity index (χ1n) is 4.48. The van der Waals surface area contributed by atoms with Crippen molar-refractivity contribution >= 4 is 27.6 Å². The number of fused-ring (bicyclic) bond motifs is 1. The average molecular weight is 223 g/mol. The molecule has 0 aliphatic rings. The molecule has 0 aliphatic heterocycles. The highest BCUT2D eigenvalue weighted by atomic mass is 32.1. The third-order valence-electron chi connectivity index (χ3n) is 1.96. The average Bonchev–Trinajstić information content (AvgIpc) is 2.61. The molecule has 4 nitrogen and oxygen atoms in total. The van der Waals surface area contributed by atoms with Crippen LogP contribution >= 0.6 is 11.5 Å². The van der Waals surface area contributed by atoms with Gasteiger partial charge >= 0.3 is 5.97 Å². The highest BCUT2D eigenvalue weighted by Gasteiger charge is 2.12. The van der Waals surface area contributed by atoms with Crippen LogP contribution in [0.4, 0.5) is 0 Å². The normalized spacial score (nSPS) is 10.5. The van der Waals surface area contributed by atoms with Crippen LogP contribution in [-0.4, -0.2) is 22.1 Å². The van der Waals surface area contributed by atoms with Crippen molar-refractivity contribution in [2.24, 2.45) is 0 Å². The van der Waals surface area contributed by atoms with Gasteiger partial charge in [-0.05, 0) is 36.7 Å². The van der Waals surface area contributed by atoms with E-state index in [1.54, 1.807) is 12.1 Å². The number of hydrogen-bond acceptors (Lipinski definition) is 4. The zero-order valence-corrected chi connectivity index (χ0v) is 8.87. The fraction of sp³-hybridized carbons (Fsp3) is 0.200. The Hall–Kier alpha value is -1.62. The van der Waals surface area contributed by atoms with Gasteiger partial charge in [-0.3, -0.25) is 0 Å². The zero-order valence-electron chi connectivity index (χ0n) is 8.06. The maximum Gasteiger partial charge on any atom is 0.356 e. The van der Waals surface area contributed by atoms with Crippen molar-refractivity contribution < 1.29 is 14.6 Å². The molecule has 1 heterocycles. The summed E-state index contributed by atoms with van der Waals surface area (Å²) in [5.41, 5.74) is 0.109. The Labute approximate surface area is 90.3 Å². The van der Waals surface area contributed by atoms with Gasteiger partial charge in [0.1, 0.15) is 5.75 Å². The summed E-state index contributed by atoms with van der Waals surface area (Å²) in [6, 6.07) is 5.29. The number of nitrogens with zero attached hydrogens (tertiary/aromatic N) is 1. The van der Waals surface area contributed by atoms with E-state index in [0.717, 1.165) is 10.4 Å². The van der Waals surface area contributed by atoms with Gasteiger partial charge in [0, 0.05) is 5.39 Å². The van der Waals surface area contributed by atoms with Crippen LogP contribution in [0.25, 0.3) is 10.1 Å². The second kappa shape index (κ2) is 3.86. The number of aromatic nitrogens is 1. The second-order valence-electron chi connectivity index (χ2n) is 2.93. The largest absolute Gasteiger partial charge is 0.494 e. The van der Waals surface area contributed by atoms with Crippen LogP contribution in [0.15, 0.2) is 18.2 Å². The Morgan fingerprint density at radius 1 is 1.60 bits per heavy atom. The lowest BCUT2D eigenvalue weighted by Crippen LogP contribution is -1.96. The predicted octanol–water partition coefficient (Wildman–Crippen LogP) is 2.39. The molecule has 2 rings (SSSR count). The molecule has 0 spiro atoms. The number of rotatable bonds is 3. The van der Waals surface area contributed by atoms with E-state index in [9.17, 15) is 4.79 Å². The molecule has 0 fully saturated rings. The predicted molar refractivity (Wildman–Crippen MR) is 57.7 cm³/mol. The first-order valence-corrected chi connectivity index (χ1v) is 5.25. The number of ether oxygens (including phenoxy) is 1. The second-order valence-corrected chi connectivity index (χ2v) is 3.73. The van der Waals surface area contributed by atoms with Crippen molar-refractivity contribution in [2.75, 3.05) is 6.61 Å². The van der Waals surface area contributed by atoms with Crippen LogP contribution in [0.2, 0.25) is 0 Å². The minimum atomic E-state index is -0.995. The van der Waals surface area contributed by atoms with E-state index >= 15 is 0 Å². The highest BCUT2D eigenvalue weighted by molar-refractivity contribution is 7.13. The number of hydrogen-bond donors (Lipinski definition) is 1. The number of carboxylic acid groups (broad SMARTS) is 1. The van der Waals surface area contributed by atoms with E-state index < -0.39 is 5.97 Å². The monoisotopic (exact) mass is 223 g/mol. The Morgan fingerprint density at radius 3 is 3.07 bits per heavy atom. The lowest BCUT2D eigenvalue weighted by Gasteiger charge is -2.01. The van der Waals surface area contributed by atoms with Gasteiger partial charge in [-0.1, -0.05) is 0 Å². The molecule has 0 saturated carbocycles. The van der Waals surface area contributed by atoms with E-state index in [2.05, 4.69) is 4.37 Å². The van der Waals surface area contributed by atoms with Gasteiger partial charge in [-0.2, -0.15) is 4.37 Å². The van der Waals surface area contributed by atoms with Crippen molar-refractivity contribution in [3.63, 3.8) is 0 Å². The van der Waals surface area contributed by atoms with Gasteiger partial charge in [-0.15, -0.1) is 0 Å². The molecule has 5 heteroatoms. The van der Waals surface area contributed by atoms with Crippen molar-refractivity contribution in [1.29, 1.82) is 0 Å². The number of carbonyl (C=O) groups is 1. The molecule has 0 bridgehead atoms. The third kappa shape index (κ3) is 1.78. The molecule has 0 unspecified atom stereocenters. The van der Waals surface area contributed by atoms with Gasteiger partial charge in [0.15, 0.2) is 5.69 Å². The van der Waals surface area contributed by atoms with Gasteiger partial charge < -0.3 is 9.84 Å². The Kier molecular flexibility index (Phi) is 2.55. The molecule has 78 valence electrons. The van der Waals surface area contributed by atoms with Crippen LogP contribution < -0.4 is 4.74 Å². The molecule has 2 aromatic rings. The first-order chi connectivity index (χ1) is 7.22. The van der Waals surface area contributed by atoms with Gasteiger partial charge in [0.2, 0.25) is 0 Å². The highest BCUT2D eigenvalue weighted by Crippen LogP contribution is 2.26. The molecular formula is C10H9NO3S. The topological polar surface area (TPSA) is 59.4 Å². The van der Waals surface area contributed by atoms with Crippen molar-refractivity contribution in [3.8, 4) is 5.75 Å². The zero-order chi connectivity index (χ0) is 10.8. The fourth-order valence-electron chi connectivity index (χ4n) is 1.33. The van der Waals surface area contributed by atoms with E-state index in [-0.39, 0.29) is 5.69 Å². The summed E-state index contributed by atoms with van der Waals surface area (Å²) in [6.07, 6.45) is 0. The maximum atomic E-state index is 10.8. The Bertz CT molecular complexity index is 506. The van der Waals surface area contributed by atoms with E-state index in [0.29, 0.717) is 12.0 Å². The SMILES string of the molecule is CCOc1ccc2c(C(=O)O)nsc2c1. The number of benzene rings is 1. The molecule has 1 aromatic carbocycles. The van der Waals surface area contributed by atoms with Crippen LogP contribution in [0.3, 0.4) is 0 Å². The standard InChI is InChI=1S/C10H9NO3S/c1-2-14-6-3-4-7-8(5-6)15-11-9(7)10(12)13/h3-5H,2H2,1H3,(H,12,13). The van der Waals surface area contributed by atoms with E-state index in [4.69, 9.17) is 9.84 Å². The minimum Gasteiger partial charge on any atom is -0.494 e. The van der Waals surface area contributed by atoms with E-state index in [1.807, 2.05) is 13.0 Å². The van der Waals surface area contributed by atoms with Gasteiger partial charge in [-0.25, -0.2) is 4.79 Å².